The summed E-state index contributed by atoms with van der Waals surface area (Å²) in [5, 5.41) is 3.84. The normalized spacial score (nSPS) is 23.2. The number of aromatic nitrogens is 2. The highest BCUT2D eigenvalue weighted by Gasteiger charge is 2.45. The van der Waals surface area contributed by atoms with Crippen LogP contribution in [0.1, 0.15) is 58.9 Å². The first-order valence-electron chi connectivity index (χ1n) is 13.1. The van der Waals surface area contributed by atoms with Gasteiger partial charge in [0.05, 0.1) is 12.0 Å². The van der Waals surface area contributed by atoms with Crippen molar-refractivity contribution < 1.29 is 18.0 Å². The Morgan fingerprint density at radius 1 is 1.13 bits per heavy atom. The first-order valence-corrected chi connectivity index (χ1v) is 13.8. The molecule has 1 aromatic heterocycles. The lowest BCUT2D eigenvalue weighted by Gasteiger charge is -2.28. The third kappa shape index (κ3) is 4.91. The number of halogens is 3. The fourth-order valence-corrected chi connectivity index (χ4v) is 6.43. The average molecular weight is 542 g/mol. The molecule has 0 bridgehead atoms. The van der Waals surface area contributed by atoms with E-state index in [1.807, 2.05) is 18.2 Å². The molecule has 1 saturated carbocycles. The van der Waals surface area contributed by atoms with Crippen molar-refractivity contribution in [2.75, 3.05) is 31.5 Å². The molecule has 2 saturated heterocycles. The summed E-state index contributed by atoms with van der Waals surface area (Å²) in [7, 11) is 0. The van der Waals surface area contributed by atoms with Gasteiger partial charge in [-0.15, -0.1) is 0 Å². The van der Waals surface area contributed by atoms with E-state index >= 15 is 0 Å². The molecule has 38 heavy (non-hydrogen) atoms. The molecule has 6 rings (SSSR count). The van der Waals surface area contributed by atoms with Crippen LogP contribution in [0.4, 0.5) is 23.7 Å². The van der Waals surface area contributed by atoms with Crippen molar-refractivity contribution >= 4 is 23.3 Å². The minimum absolute atomic E-state index is 0.143. The summed E-state index contributed by atoms with van der Waals surface area (Å²) in [5.41, 5.74) is 3.36. The second kappa shape index (κ2) is 9.64. The second-order valence-electron chi connectivity index (χ2n) is 10.9. The van der Waals surface area contributed by atoms with Gasteiger partial charge in [0.25, 0.3) is 5.92 Å². The van der Waals surface area contributed by atoms with Crippen LogP contribution in [-0.4, -0.2) is 57.3 Å². The van der Waals surface area contributed by atoms with Crippen LogP contribution in [0.25, 0.3) is 0 Å². The highest BCUT2D eigenvalue weighted by molar-refractivity contribution is 7.05. The zero-order valence-corrected chi connectivity index (χ0v) is 22.0. The zero-order chi connectivity index (χ0) is 26.5. The number of hydrogen-bond donors (Lipinski definition) is 1. The summed E-state index contributed by atoms with van der Waals surface area (Å²) in [4.78, 5) is 21.5. The van der Waals surface area contributed by atoms with Gasteiger partial charge in [0.1, 0.15) is 17.2 Å². The summed E-state index contributed by atoms with van der Waals surface area (Å²) in [5.74, 6) is -2.47. The molecular weight excluding hydrogens is 511 g/mol. The molecule has 0 unspecified atom stereocenters. The molecule has 10 heteroatoms. The summed E-state index contributed by atoms with van der Waals surface area (Å²) in [6.07, 6.45) is 4.18. The summed E-state index contributed by atoms with van der Waals surface area (Å²) in [6.45, 7) is 2.95. The molecule has 3 heterocycles. The number of nitrogens with one attached hydrogen (secondary N) is 1. The summed E-state index contributed by atoms with van der Waals surface area (Å²) < 4.78 is 46.4. The Morgan fingerprint density at radius 2 is 1.97 bits per heavy atom. The van der Waals surface area contributed by atoms with Crippen LogP contribution in [0.15, 0.2) is 42.7 Å². The molecule has 200 valence electrons. The first-order chi connectivity index (χ1) is 18.2. The van der Waals surface area contributed by atoms with Gasteiger partial charge >= 0.3 is 6.03 Å². The highest BCUT2D eigenvalue weighted by atomic mass is 32.1. The molecule has 6 nitrogen and oxygen atoms in total. The number of nitrogens with zero attached hydrogens (tertiary/aromatic N) is 4. The first kappa shape index (κ1) is 25.3. The lowest BCUT2D eigenvalue weighted by Crippen LogP contribution is -2.38. The zero-order valence-electron chi connectivity index (χ0n) is 21.2. The van der Waals surface area contributed by atoms with E-state index in [1.165, 1.54) is 17.9 Å². The van der Waals surface area contributed by atoms with Crippen LogP contribution in [0.2, 0.25) is 0 Å². The van der Waals surface area contributed by atoms with Crippen molar-refractivity contribution in [3.05, 3.63) is 75.8 Å². The number of alkyl halides is 2. The molecule has 0 spiro atoms. The molecule has 3 aliphatic rings. The molecule has 1 atom stereocenters. The van der Waals surface area contributed by atoms with Crippen LogP contribution < -0.4 is 5.32 Å². The van der Waals surface area contributed by atoms with Crippen molar-refractivity contribution in [1.29, 1.82) is 0 Å². The number of urea groups is 1. The Kier molecular flexibility index (Phi) is 6.42. The van der Waals surface area contributed by atoms with Crippen LogP contribution in [0.3, 0.4) is 0 Å². The van der Waals surface area contributed by atoms with E-state index in [-0.39, 0.29) is 24.8 Å². The molecule has 0 radical (unpaired) electrons. The Labute approximate surface area is 224 Å². The van der Waals surface area contributed by atoms with E-state index in [0.29, 0.717) is 49.8 Å². The molecule has 1 N–H and O–H groups in total. The number of amides is 2. The molecular formula is C28H30F3N5OS. The van der Waals surface area contributed by atoms with Crippen molar-refractivity contribution in [3.63, 3.8) is 0 Å². The molecule has 2 aliphatic heterocycles. The second-order valence-corrected chi connectivity index (χ2v) is 11.7. The minimum atomic E-state index is -2.67. The van der Waals surface area contributed by atoms with Gasteiger partial charge in [0, 0.05) is 38.3 Å². The maximum absolute atomic E-state index is 14.6. The average Bonchev–Trinajstić information content (AvgIpc) is 3.25. The number of rotatable bonds is 6. The Bertz CT molecular complexity index is 1350. The number of carbonyl (C=O) groups excluding carboxylic acids is 1. The Balaban J connectivity index is 1.25. The SMILES string of the molecule is Cc1ccc([C@@]2(c3ncns3)CCN(C(=O)Nc3cc(C4CC4)ccc3CN3CCC(F)(F)C3)C2)cc1F. The minimum Gasteiger partial charge on any atom is -0.323 e. The topological polar surface area (TPSA) is 61.4 Å². The van der Waals surface area contributed by atoms with Gasteiger partial charge in [0.2, 0.25) is 0 Å². The van der Waals surface area contributed by atoms with Gasteiger partial charge in [-0.25, -0.2) is 22.9 Å². The molecule has 3 fully saturated rings. The van der Waals surface area contributed by atoms with Crippen molar-refractivity contribution in [2.45, 2.75) is 56.4 Å². The number of carbonyl (C=O) groups is 1. The predicted molar refractivity (Wildman–Crippen MR) is 140 cm³/mol. The van der Waals surface area contributed by atoms with Gasteiger partial charge in [-0.3, -0.25) is 4.90 Å². The summed E-state index contributed by atoms with van der Waals surface area (Å²) >= 11 is 1.27. The maximum atomic E-state index is 14.6. The number of likely N-dealkylation sites (tertiary alicyclic amines) is 2. The number of anilines is 1. The van der Waals surface area contributed by atoms with Gasteiger partial charge in [-0.1, -0.05) is 24.3 Å². The monoisotopic (exact) mass is 541 g/mol. The Hall–Kier alpha value is -2.98. The highest BCUT2D eigenvalue weighted by Crippen LogP contribution is 2.43. The molecule has 3 aromatic rings. The van der Waals surface area contributed by atoms with Gasteiger partial charge in [-0.05, 0) is 78.0 Å². The lowest BCUT2D eigenvalue weighted by molar-refractivity contribution is 0.0115. The third-order valence-corrected chi connectivity index (χ3v) is 8.99. The Morgan fingerprint density at radius 3 is 2.66 bits per heavy atom. The molecule has 1 aliphatic carbocycles. The van der Waals surface area contributed by atoms with Crippen LogP contribution >= 0.6 is 11.5 Å². The largest absolute Gasteiger partial charge is 0.323 e. The quantitative estimate of drug-likeness (QED) is 0.420. The van der Waals surface area contributed by atoms with Gasteiger partial charge in [-0.2, -0.15) is 4.37 Å². The van der Waals surface area contributed by atoms with Gasteiger partial charge in [0.15, 0.2) is 0 Å². The van der Waals surface area contributed by atoms with Gasteiger partial charge < -0.3 is 10.2 Å². The predicted octanol–water partition coefficient (Wildman–Crippen LogP) is 5.93. The number of aryl methyl sites for hydroxylation is 1. The molecule has 2 aromatic carbocycles. The fraction of sp³-hybridized carbons (Fsp3) is 0.464. The standard InChI is InChI=1S/C28H30F3N5OS/c1-18-2-7-22(13-23(18)29)27(25-32-17-33-38-25)8-11-36(15-27)26(37)34-24-12-20(19-3-4-19)5-6-21(24)14-35-10-9-28(30,31)16-35/h2,5-7,12-13,17,19H,3-4,8-11,14-16H2,1H3,(H,34,37)/t27-/m1/s1. The number of benzene rings is 2. The van der Waals surface area contributed by atoms with Crippen LogP contribution in [0, 0.1) is 12.7 Å². The van der Waals surface area contributed by atoms with E-state index in [4.69, 9.17) is 0 Å². The molecule has 2 amide bonds. The smallest absolute Gasteiger partial charge is 0.321 e. The van der Waals surface area contributed by atoms with E-state index in [1.54, 1.807) is 28.9 Å². The van der Waals surface area contributed by atoms with E-state index in [0.717, 1.165) is 34.5 Å². The fourth-order valence-electron chi connectivity index (χ4n) is 5.69. The van der Waals surface area contributed by atoms with Crippen molar-refractivity contribution in [1.82, 2.24) is 19.2 Å². The van der Waals surface area contributed by atoms with Crippen molar-refractivity contribution in [3.8, 4) is 0 Å². The summed E-state index contributed by atoms with van der Waals surface area (Å²) in [6, 6.07) is 11.0. The van der Waals surface area contributed by atoms with Crippen LogP contribution in [-0.2, 0) is 12.0 Å². The number of hydrogen-bond acceptors (Lipinski definition) is 5. The van der Waals surface area contributed by atoms with Crippen molar-refractivity contribution in [2.24, 2.45) is 0 Å². The van der Waals surface area contributed by atoms with Crippen LogP contribution in [0.5, 0.6) is 0 Å². The van der Waals surface area contributed by atoms with E-state index < -0.39 is 11.3 Å². The van der Waals surface area contributed by atoms with E-state index in [2.05, 4.69) is 20.7 Å². The maximum Gasteiger partial charge on any atom is 0.321 e. The van der Waals surface area contributed by atoms with E-state index in [9.17, 15) is 18.0 Å². The third-order valence-electron chi connectivity index (χ3n) is 8.12. The lowest BCUT2D eigenvalue weighted by atomic mass is 9.80.